The van der Waals surface area contributed by atoms with E-state index in [9.17, 15) is 5.11 Å². The lowest BCUT2D eigenvalue weighted by atomic mass is 10.00. The molecule has 2 rings (SSSR count). The number of piperazine rings is 1. The molecule has 4 nitrogen and oxygen atoms in total. The fourth-order valence-corrected chi connectivity index (χ4v) is 2.56. The van der Waals surface area contributed by atoms with Crippen LogP contribution in [0, 0.1) is 0 Å². The average molecular weight is 262 g/mol. The first kappa shape index (κ1) is 13.9. The molecule has 1 aliphatic heterocycles. The molecule has 0 radical (unpaired) electrons. The highest BCUT2D eigenvalue weighted by molar-refractivity contribution is 5.41. The van der Waals surface area contributed by atoms with Crippen molar-refractivity contribution < 1.29 is 9.84 Å². The summed E-state index contributed by atoms with van der Waals surface area (Å²) in [6.45, 7) is 7.80. The zero-order chi connectivity index (χ0) is 13.7. The number of methoxy groups -OCH3 is 1. The molecule has 2 N–H and O–H groups in total. The van der Waals surface area contributed by atoms with E-state index < -0.39 is 0 Å². The van der Waals surface area contributed by atoms with E-state index >= 15 is 0 Å². The molecule has 0 unspecified atom stereocenters. The summed E-state index contributed by atoms with van der Waals surface area (Å²) < 4.78 is 5.13. The van der Waals surface area contributed by atoms with Gasteiger partial charge in [-0.05, 0) is 12.5 Å². The molecule has 104 valence electrons. The van der Waals surface area contributed by atoms with Gasteiger partial charge in [0.2, 0.25) is 0 Å². The molecule has 1 heterocycles. The van der Waals surface area contributed by atoms with Crippen molar-refractivity contribution in [2.45, 2.75) is 12.5 Å². The Morgan fingerprint density at radius 3 is 2.79 bits per heavy atom. The summed E-state index contributed by atoms with van der Waals surface area (Å²) in [5.41, 5.74) is 0.947. The van der Waals surface area contributed by atoms with Gasteiger partial charge in [0.05, 0.1) is 7.11 Å². The van der Waals surface area contributed by atoms with Crippen molar-refractivity contribution in [3.05, 3.63) is 36.4 Å². The van der Waals surface area contributed by atoms with Crippen LogP contribution in [0.2, 0.25) is 0 Å². The number of nitrogens with zero attached hydrogens (tertiary/aromatic N) is 1. The predicted molar refractivity (Wildman–Crippen MR) is 76.7 cm³/mol. The van der Waals surface area contributed by atoms with Gasteiger partial charge in [-0.1, -0.05) is 12.1 Å². The molecule has 1 aromatic rings. The fourth-order valence-electron chi connectivity index (χ4n) is 2.56. The maximum Gasteiger partial charge on any atom is 0.124 e. The SMILES string of the molecule is C=CC[C@H](c1ccc(OC)cc1O)N1CCNCC1. The van der Waals surface area contributed by atoms with Crippen LogP contribution in [0.25, 0.3) is 0 Å². The molecule has 0 aliphatic carbocycles. The minimum atomic E-state index is 0.186. The zero-order valence-electron chi connectivity index (χ0n) is 11.4. The molecule has 0 amide bonds. The van der Waals surface area contributed by atoms with E-state index in [1.54, 1.807) is 13.2 Å². The zero-order valence-corrected chi connectivity index (χ0v) is 11.4. The van der Waals surface area contributed by atoms with Gasteiger partial charge >= 0.3 is 0 Å². The van der Waals surface area contributed by atoms with Crippen molar-refractivity contribution >= 4 is 0 Å². The van der Waals surface area contributed by atoms with E-state index in [-0.39, 0.29) is 6.04 Å². The lowest BCUT2D eigenvalue weighted by molar-refractivity contribution is 0.172. The molecule has 19 heavy (non-hydrogen) atoms. The van der Waals surface area contributed by atoms with Gasteiger partial charge in [-0.25, -0.2) is 0 Å². The maximum absolute atomic E-state index is 10.2. The number of phenols is 1. The van der Waals surface area contributed by atoms with E-state index in [4.69, 9.17) is 4.74 Å². The third-order valence-corrected chi connectivity index (χ3v) is 3.58. The quantitative estimate of drug-likeness (QED) is 0.796. The van der Waals surface area contributed by atoms with E-state index in [0.717, 1.165) is 38.2 Å². The largest absolute Gasteiger partial charge is 0.507 e. The first-order valence-corrected chi connectivity index (χ1v) is 6.69. The van der Waals surface area contributed by atoms with Crippen LogP contribution < -0.4 is 10.1 Å². The Kier molecular flexibility index (Phi) is 4.82. The normalized spacial score (nSPS) is 17.9. The van der Waals surface area contributed by atoms with E-state index in [1.165, 1.54) is 0 Å². The van der Waals surface area contributed by atoms with Gasteiger partial charge in [0.25, 0.3) is 0 Å². The highest BCUT2D eigenvalue weighted by Crippen LogP contribution is 2.34. The Hall–Kier alpha value is -1.52. The van der Waals surface area contributed by atoms with E-state index in [2.05, 4.69) is 16.8 Å². The third-order valence-electron chi connectivity index (χ3n) is 3.58. The number of phenolic OH excluding ortho intramolecular Hbond substituents is 1. The minimum absolute atomic E-state index is 0.186. The molecule has 0 spiro atoms. The molecule has 4 heteroatoms. The van der Waals surface area contributed by atoms with Gasteiger partial charge in [0.1, 0.15) is 11.5 Å². The monoisotopic (exact) mass is 262 g/mol. The first-order chi connectivity index (χ1) is 9.26. The van der Waals surface area contributed by atoms with Crippen LogP contribution in [0.3, 0.4) is 0 Å². The first-order valence-electron chi connectivity index (χ1n) is 6.69. The van der Waals surface area contributed by atoms with Gasteiger partial charge in [-0.3, -0.25) is 4.90 Å². The van der Waals surface area contributed by atoms with Crippen molar-refractivity contribution in [1.82, 2.24) is 10.2 Å². The summed E-state index contributed by atoms with van der Waals surface area (Å²) in [7, 11) is 1.60. The Bertz CT molecular complexity index is 428. The number of benzene rings is 1. The van der Waals surface area contributed by atoms with Crippen LogP contribution in [-0.2, 0) is 0 Å². The maximum atomic E-state index is 10.2. The smallest absolute Gasteiger partial charge is 0.124 e. The lowest BCUT2D eigenvalue weighted by Crippen LogP contribution is -2.45. The topological polar surface area (TPSA) is 44.7 Å². The average Bonchev–Trinajstić information content (AvgIpc) is 2.46. The standard InChI is InChI=1S/C15H22N2O2/c1-3-4-14(17-9-7-16-8-10-17)13-6-5-12(19-2)11-15(13)18/h3,5-6,11,14,16,18H,1,4,7-10H2,2H3/t14-/m1/s1. The molecule has 1 aromatic carbocycles. The summed E-state index contributed by atoms with van der Waals surface area (Å²) in [5, 5.41) is 13.5. The third kappa shape index (κ3) is 3.28. The number of nitrogens with one attached hydrogen (secondary N) is 1. The molecule has 0 bridgehead atoms. The number of hydrogen-bond donors (Lipinski definition) is 2. The number of ether oxygens (including phenoxy) is 1. The van der Waals surface area contributed by atoms with Crippen molar-refractivity contribution in [2.24, 2.45) is 0 Å². The van der Waals surface area contributed by atoms with E-state index in [1.807, 2.05) is 18.2 Å². The van der Waals surface area contributed by atoms with Gasteiger partial charge in [0, 0.05) is 43.9 Å². The Balaban J connectivity index is 2.24. The Morgan fingerprint density at radius 1 is 1.47 bits per heavy atom. The highest BCUT2D eigenvalue weighted by atomic mass is 16.5. The molecular weight excluding hydrogens is 240 g/mol. The molecule has 0 saturated carbocycles. The number of aromatic hydroxyl groups is 1. The Labute approximate surface area is 114 Å². The molecule has 1 fully saturated rings. The van der Waals surface area contributed by atoms with Crippen molar-refractivity contribution in [2.75, 3.05) is 33.3 Å². The van der Waals surface area contributed by atoms with Crippen LogP contribution in [0.15, 0.2) is 30.9 Å². The lowest BCUT2D eigenvalue weighted by Gasteiger charge is -2.35. The Morgan fingerprint density at radius 2 is 2.21 bits per heavy atom. The van der Waals surface area contributed by atoms with Crippen LogP contribution in [0.4, 0.5) is 0 Å². The van der Waals surface area contributed by atoms with Crippen molar-refractivity contribution in [3.63, 3.8) is 0 Å². The van der Waals surface area contributed by atoms with Gasteiger partial charge in [-0.2, -0.15) is 0 Å². The van der Waals surface area contributed by atoms with Gasteiger partial charge < -0.3 is 15.2 Å². The molecule has 1 aliphatic rings. The fraction of sp³-hybridized carbons (Fsp3) is 0.467. The predicted octanol–water partition coefficient (Wildman–Crippen LogP) is 1.92. The highest BCUT2D eigenvalue weighted by Gasteiger charge is 2.23. The molecular formula is C15H22N2O2. The second-order valence-corrected chi connectivity index (χ2v) is 4.75. The summed E-state index contributed by atoms with van der Waals surface area (Å²) in [4.78, 5) is 2.39. The molecule has 0 aromatic heterocycles. The second-order valence-electron chi connectivity index (χ2n) is 4.75. The van der Waals surface area contributed by atoms with Crippen molar-refractivity contribution in [3.8, 4) is 11.5 Å². The van der Waals surface area contributed by atoms with Crippen LogP contribution in [-0.4, -0.2) is 43.3 Å². The molecule has 1 saturated heterocycles. The summed E-state index contributed by atoms with van der Waals surface area (Å²) in [6, 6.07) is 5.70. The van der Waals surface area contributed by atoms with Gasteiger partial charge in [0.15, 0.2) is 0 Å². The van der Waals surface area contributed by atoms with Gasteiger partial charge in [-0.15, -0.1) is 6.58 Å². The van der Waals surface area contributed by atoms with Crippen LogP contribution in [0.5, 0.6) is 11.5 Å². The van der Waals surface area contributed by atoms with E-state index in [0.29, 0.717) is 11.5 Å². The summed E-state index contributed by atoms with van der Waals surface area (Å²) >= 11 is 0. The minimum Gasteiger partial charge on any atom is -0.507 e. The number of rotatable bonds is 5. The second kappa shape index (κ2) is 6.59. The molecule has 1 atom stereocenters. The number of hydrogen-bond acceptors (Lipinski definition) is 4. The van der Waals surface area contributed by atoms with Crippen LogP contribution in [0.1, 0.15) is 18.0 Å². The summed E-state index contributed by atoms with van der Waals surface area (Å²) in [5.74, 6) is 0.976. The summed E-state index contributed by atoms with van der Waals surface area (Å²) in [6.07, 6.45) is 2.75. The van der Waals surface area contributed by atoms with Crippen molar-refractivity contribution in [1.29, 1.82) is 0 Å². The van der Waals surface area contributed by atoms with Crippen LogP contribution >= 0.6 is 0 Å².